The van der Waals surface area contributed by atoms with Crippen LogP contribution in [0.3, 0.4) is 0 Å². The third-order valence-corrected chi connectivity index (χ3v) is 4.36. The van der Waals surface area contributed by atoms with Crippen molar-refractivity contribution >= 4 is 11.5 Å². The van der Waals surface area contributed by atoms with Gasteiger partial charge < -0.3 is 10.6 Å². The van der Waals surface area contributed by atoms with E-state index in [1.165, 1.54) is 37.8 Å². The molecule has 2 aliphatic rings. The van der Waals surface area contributed by atoms with Gasteiger partial charge in [-0.3, -0.25) is 10.4 Å². The predicted octanol–water partition coefficient (Wildman–Crippen LogP) is 2.13. The van der Waals surface area contributed by atoms with Crippen molar-refractivity contribution in [3.05, 3.63) is 24.0 Å². The average Bonchev–Trinajstić information content (AvgIpc) is 2.82. The second-order valence-corrected chi connectivity index (χ2v) is 5.41. The summed E-state index contributed by atoms with van der Waals surface area (Å²) < 4.78 is 0. The summed E-state index contributed by atoms with van der Waals surface area (Å²) in [6, 6.07) is 4.70. The molecular formula is C14H20N4. The van der Waals surface area contributed by atoms with Crippen LogP contribution < -0.4 is 10.6 Å². The van der Waals surface area contributed by atoms with E-state index in [1.54, 1.807) is 6.20 Å². The fourth-order valence-electron chi connectivity index (χ4n) is 3.47. The molecule has 2 heterocycles. The molecule has 2 fully saturated rings. The number of amidine groups is 1. The molecule has 1 aliphatic carbocycles. The lowest BCUT2D eigenvalue weighted by atomic mass is 9.85. The number of hydrogen-bond acceptors (Lipinski definition) is 3. The second-order valence-electron chi connectivity index (χ2n) is 5.41. The molecule has 1 saturated heterocycles. The summed E-state index contributed by atoms with van der Waals surface area (Å²) in [4.78, 5) is 6.64. The zero-order valence-corrected chi connectivity index (χ0v) is 10.6. The summed E-state index contributed by atoms with van der Waals surface area (Å²) in [5.41, 5.74) is 7.29. The van der Waals surface area contributed by atoms with Crippen LogP contribution in [0.1, 0.15) is 37.8 Å². The lowest BCUT2D eigenvalue weighted by Gasteiger charge is -2.33. The van der Waals surface area contributed by atoms with Crippen LogP contribution in [0.15, 0.2) is 18.3 Å². The maximum atomic E-state index is 7.48. The minimum Gasteiger partial charge on any atom is -0.382 e. The van der Waals surface area contributed by atoms with Crippen LogP contribution in [0, 0.1) is 11.3 Å². The molecule has 4 nitrogen and oxygen atoms in total. The number of fused-ring (bicyclic) bond motifs is 1. The summed E-state index contributed by atoms with van der Waals surface area (Å²) in [6.07, 6.45) is 8.51. The van der Waals surface area contributed by atoms with Crippen LogP contribution in [0.25, 0.3) is 0 Å². The zero-order chi connectivity index (χ0) is 12.5. The number of anilines is 1. The van der Waals surface area contributed by atoms with E-state index in [2.05, 4.69) is 9.88 Å². The molecule has 3 rings (SSSR count). The second kappa shape index (κ2) is 4.59. The quantitative estimate of drug-likeness (QED) is 0.618. The largest absolute Gasteiger partial charge is 0.382 e. The maximum Gasteiger partial charge on any atom is 0.141 e. The minimum atomic E-state index is 0.0521. The first kappa shape index (κ1) is 11.5. The van der Waals surface area contributed by atoms with Gasteiger partial charge in [-0.25, -0.2) is 0 Å². The van der Waals surface area contributed by atoms with Crippen molar-refractivity contribution in [1.29, 1.82) is 5.41 Å². The van der Waals surface area contributed by atoms with Crippen molar-refractivity contribution in [2.45, 2.75) is 38.1 Å². The van der Waals surface area contributed by atoms with Crippen LogP contribution in [-0.2, 0) is 0 Å². The number of nitrogens with zero attached hydrogens (tertiary/aromatic N) is 2. The van der Waals surface area contributed by atoms with Gasteiger partial charge in [-0.2, -0.15) is 0 Å². The Balaban J connectivity index is 1.86. The third-order valence-electron chi connectivity index (χ3n) is 4.36. The Morgan fingerprint density at radius 3 is 3.00 bits per heavy atom. The summed E-state index contributed by atoms with van der Waals surface area (Å²) in [5.74, 6) is 0.920. The first-order chi connectivity index (χ1) is 8.75. The van der Waals surface area contributed by atoms with E-state index < -0.39 is 0 Å². The van der Waals surface area contributed by atoms with Crippen molar-refractivity contribution in [3.63, 3.8) is 0 Å². The molecule has 1 aliphatic heterocycles. The molecule has 0 amide bonds. The molecule has 0 radical (unpaired) electrons. The third kappa shape index (κ3) is 1.96. The SMILES string of the molecule is N=C(N)c1cc(N2CCC3CCCCC32)ccn1. The lowest BCUT2D eigenvalue weighted by Crippen LogP contribution is -2.34. The van der Waals surface area contributed by atoms with Crippen molar-refractivity contribution in [2.75, 3.05) is 11.4 Å². The normalized spacial score (nSPS) is 27.0. The lowest BCUT2D eigenvalue weighted by molar-refractivity contribution is 0.342. The molecule has 96 valence electrons. The van der Waals surface area contributed by atoms with Crippen LogP contribution in [0.2, 0.25) is 0 Å². The standard InChI is InChI=1S/C14H20N4/c15-14(16)12-9-11(5-7-17-12)18-8-6-10-3-1-2-4-13(10)18/h5,7,9-10,13H,1-4,6,8H2,(H3,15,16). The Bertz CT molecular complexity index is 457. The Labute approximate surface area is 108 Å². The molecule has 18 heavy (non-hydrogen) atoms. The number of aromatic nitrogens is 1. The Morgan fingerprint density at radius 2 is 2.17 bits per heavy atom. The van der Waals surface area contributed by atoms with E-state index in [1.807, 2.05) is 12.1 Å². The van der Waals surface area contributed by atoms with Gasteiger partial charge in [0.05, 0.1) is 0 Å². The van der Waals surface area contributed by atoms with Gasteiger partial charge >= 0.3 is 0 Å². The van der Waals surface area contributed by atoms with Gasteiger partial charge in [0.2, 0.25) is 0 Å². The molecule has 1 saturated carbocycles. The van der Waals surface area contributed by atoms with Crippen LogP contribution >= 0.6 is 0 Å². The zero-order valence-electron chi connectivity index (χ0n) is 10.6. The van der Waals surface area contributed by atoms with Crippen LogP contribution in [-0.4, -0.2) is 23.4 Å². The fourth-order valence-corrected chi connectivity index (χ4v) is 3.47. The Hall–Kier alpha value is -1.58. The van der Waals surface area contributed by atoms with Gasteiger partial charge in [0.25, 0.3) is 0 Å². The Morgan fingerprint density at radius 1 is 1.33 bits per heavy atom. The van der Waals surface area contributed by atoms with Crippen LogP contribution in [0.4, 0.5) is 5.69 Å². The number of nitrogen functional groups attached to an aromatic ring is 1. The van der Waals surface area contributed by atoms with Gasteiger partial charge in [-0.05, 0) is 37.3 Å². The molecule has 3 N–H and O–H groups in total. The summed E-state index contributed by atoms with van der Waals surface area (Å²) >= 11 is 0. The van der Waals surface area contributed by atoms with E-state index >= 15 is 0 Å². The maximum absolute atomic E-state index is 7.48. The molecule has 1 aromatic rings. The number of pyridine rings is 1. The van der Waals surface area contributed by atoms with Crippen molar-refractivity contribution < 1.29 is 0 Å². The molecule has 2 atom stereocenters. The highest BCUT2D eigenvalue weighted by atomic mass is 15.2. The molecular weight excluding hydrogens is 224 g/mol. The van der Waals surface area contributed by atoms with E-state index in [9.17, 15) is 0 Å². The van der Waals surface area contributed by atoms with E-state index in [-0.39, 0.29) is 5.84 Å². The first-order valence-electron chi connectivity index (χ1n) is 6.83. The highest BCUT2D eigenvalue weighted by Gasteiger charge is 2.35. The molecule has 1 aromatic heterocycles. The van der Waals surface area contributed by atoms with E-state index in [0.717, 1.165) is 12.5 Å². The molecule has 4 heteroatoms. The van der Waals surface area contributed by atoms with Gasteiger partial charge in [0.15, 0.2) is 0 Å². The number of nitrogens with one attached hydrogen (secondary N) is 1. The summed E-state index contributed by atoms with van der Waals surface area (Å²) in [7, 11) is 0. The smallest absolute Gasteiger partial charge is 0.141 e. The molecule has 0 bridgehead atoms. The minimum absolute atomic E-state index is 0.0521. The van der Waals surface area contributed by atoms with Crippen molar-refractivity contribution in [3.8, 4) is 0 Å². The van der Waals surface area contributed by atoms with Gasteiger partial charge in [-0.1, -0.05) is 12.8 Å². The van der Waals surface area contributed by atoms with Crippen molar-refractivity contribution in [1.82, 2.24) is 4.98 Å². The average molecular weight is 244 g/mol. The number of nitrogens with two attached hydrogens (primary N) is 1. The topological polar surface area (TPSA) is 66.0 Å². The van der Waals surface area contributed by atoms with E-state index in [4.69, 9.17) is 11.1 Å². The Kier molecular flexibility index (Phi) is 2.94. The van der Waals surface area contributed by atoms with Crippen LogP contribution in [0.5, 0.6) is 0 Å². The summed E-state index contributed by atoms with van der Waals surface area (Å²) in [6.45, 7) is 1.14. The molecule has 0 aromatic carbocycles. The summed E-state index contributed by atoms with van der Waals surface area (Å²) in [5, 5.41) is 7.48. The van der Waals surface area contributed by atoms with E-state index in [0.29, 0.717) is 11.7 Å². The molecule has 2 unspecified atom stereocenters. The molecule has 0 spiro atoms. The highest BCUT2D eigenvalue weighted by Crippen LogP contribution is 2.38. The van der Waals surface area contributed by atoms with Gasteiger partial charge in [0.1, 0.15) is 11.5 Å². The number of rotatable bonds is 2. The highest BCUT2D eigenvalue weighted by molar-refractivity contribution is 5.93. The van der Waals surface area contributed by atoms with Gasteiger partial charge in [0, 0.05) is 24.5 Å². The fraction of sp³-hybridized carbons (Fsp3) is 0.571. The van der Waals surface area contributed by atoms with Gasteiger partial charge in [-0.15, -0.1) is 0 Å². The predicted molar refractivity (Wildman–Crippen MR) is 73.0 cm³/mol. The monoisotopic (exact) mass is 244 g/mol. The van der Waals surface area contributed by atoms with Crippen molar-refractivity contribution in [2.24, 2.45) is 11.7 Å². The number of hydrogen-bond donors (Lipinski definition) is 2. The first-order valence-corrected chi connectivity index (χ1v) is 6.83.